The maximum Gasteiger partial charge on any atom is 0.309 e. The van der Waals surface area contributed by atoms with Crippen LogP contribution in [0.3, 0.4) is 0 Å². The molecule has 10 heteroatoms. The Bertz CT molecular complexity index is 1240. The number of unbranched alkanes of at least 4 members (excludes halogenated alkanes) is 1. The number of anilines is 1. The van der Waals surface area contributed by atoms with E-state index in [1.165, 1.54) is 11.8 Å². The molecule has 1 amide bonds. The van der Waals surface area contributed by atoms with Crippen LogP contribution in [0.15, 0.2) is 9.70 Å². The number of esters is 1. The number of hydrogen-bond acceptors (Lipinski definition) is 8. The summed E-state index contributed by atoms with van der Waals surface area (Å²) in [5.41, 5.74) is 1.02. The highest BCUT2D eigenvalue weighted by Gasteiger charge is 2.35. The van der Waals surface area contributed by atoms with Gasteiger partial charge in [0.1, 0.15) is 21.8 Å². The lowest BCUT2D eigenvalue weighted by Crippen LogP contribution is -2.41. The van der Waals surface area contributed by atoms with Crippen LogP contribution in [0.1, 0.15) is 89.3 Å². The monoisotopic (exact) mass is 586 g/mol. The number of nitrogens with zero attached hydrogens (tertiary/aromatic N) is 4. The van der Waals surface area contributed by atoms with Gasteiger partial charge in [-0.05, 0) is 57.1 Å². The first-order chi connectivity index (χ1) is 19.2. The minimum Gasteiger partial charge on any atom is -0.466 e. The summed E-state index contributed by atoms with van der Waals surface area (Å²) in [6.07, 6.45) is 8.01. The van der Waals surface area contributed by atoms with Crippen LogP contribution in [0.4, 0.5) is 5.82 Å². The number of nitriles is 1. The van der Waals surface area contributed by atoms with E-state index in [4.69, 9.17) is 17.0 Å². The molecule has 0 saturated carbocycles. The smallest absolute Gasteiger partial charge is 0.309 e. The zero-order valence-corrected chi connectivity index (χ0v) is 26.1. The van der Waals surface area contributed by atoms with Crippen molar-refractivity contribution in [1.29, 1.82) is 5.26 Å². The third kappa shape index (κ3) is 6.98. The van der Waals surface area contributed by atoms with Gasteiger partial charge in [-0.3, -0.25) is 23.9 Å². The Kier molecular flexibility index (Phi) is 11.8. The van der Waals surface area contributed by atoms with Gasteiger partial charge < -0.3 is 9.64 Å². The molecule has 0 N–H and O–H groups in total. The summed E-state index contributed by atoms with van der Waals surface area (Å²) in [5, 5.41) is 9.91. The largest absolute Gasteiger partial charge is 0.466 e. The van der Waals surface area contributed by atoms with Crippen molar-refractivity contribution in [2.45, 2.75) is 86.1 Å². The van der Waals surface area contributed by atoms with Crippen molar-refractivity contribution in [3.8, 4) is 6.07 Å². The predicted molar refractivity (Wildman–Crippen MR) is 165 cm³/mol. The maximum absolute atomic E-state index is 13.6. The van der Waals surface area contributed by atoms with Gasteiger partial charge in [-0.2, -0.15) is 5.26 Å². The van der Waals surface area contributed by atoms with Crippen LogP contribution >= 0.6 is 24.0 Å². The highest BCUT2D eigenvalue weighted by molar-refractivity contribution is 8.26. The van der Waals surface area contributed by atoms with Crippen molar-refractivity contribution in [3.05, 3.63) is 31.9 Å². The lowest BCUT2D eigenvalue weighted by Gasteiger charge is -2.35. The molecule has 0 radical (unpaired) electrons. The van der Waals surface area contributed by atoms with E-state index < -0.39 is 0 Å². The average molecular weight is 587 g/mol. The number of aromatic nitrogens is 1. The second kappa shape index (κ2) is 14.8. The molecule has 3 heterocycles. The van der Waals surface area contributed by atoms with Crippen molar-refractivity contribution < 1.29 is 14.3 Å². The molecule has 2 aliphatic heterocycles. The molecule has 0 bridgehead atoms. The van der Waals surface area contributed by atoms with Gasteiger partial charge >= 0.3 is 5.97 Å². The van der Waals surface area contributed by atoms with Crippen molar-refractivity contribution in [2.24, 2.45) is 11.8 Å². The molecule has 218 valence electrons. The first kappa shape index (κ1) is 31.9. The summed E-state index contributed by atoms with van der Waals surface area (Å²) in [7, 11) is 0. The van der Waals surface area contributed by atoms with E-state index in [1.54, 1.807) is 23.3 Å². The molecule has 1 aromatic heterocycles. The molecule has 1 unspecified atom stereocenters. The molecule has 1 atom stereocenters. The number of rotatable bonds is 12. The van der Waals surface area contributed by atoms with E-state index >= 15 is 0 Å². The highest BCUT2D eigenvalue weighted by atomic mass is 32.2. The number of hydrogen-bond donors (Lipinski definition) is 0. The van der Waals surface area contributed by atoms with Gasteiger partial charge in [-0.25, -0.2) is 0 Å². The summed E-state index contributed by atoms with van der Waals surface area (Å²) in [5.74, 6) is 0.600. The number of piperidine rings is 1. The van der Waals surface area contributed by atoms with Crippen molar-refractivity contribution in [2.75, 3.05) is 31.1 Å². The van der Waals surface area contributed by atoms with E-state index in [1.807, 2.05) is 13.0 Å². The van der Waals surface area contributed by atoms with Gasteiger partial charge in [0.25, 0.3) is 11.5 Å². The molecular formula is C30H42N4O4S2. The van der Waals surface area contributed by atoms with E-state index in [-0.39, 0.29) is 28.9 Å². The second-order valence-electron chi connectivity index (χ2n) is 10.5. The Labute approximate surface area is 247 Å². The van der Waals surface area contributed by atoms with Gasteiger partial charge in [0.05, 0.1) is 17.4 Å². The predicted octanol–water partition coefficient (Wildman–Crippen LogP) is 5.64. The number of pyridine rings is 1. The Morgan fingerprint density at radius 3 is 2.48 bits per heavy atom. The van der Waals surface area contributed by atoms with Gasteiger partial charge in [0.15, 0.2) is 0 Å². The lowest BCUT2D eigenvalue weighted by atomic mass is 9.95. The Morgan fingerprint density at radius 1 is 1.20 bits per heavy atom. The molecule has 2 saturated heterocycles. The van der Waals surface area contributed by atoms with Gasteiger partial charge in [-0.15, -0.1) is 0 Å². The molecule has 0 aromatic carbocycles. The summed E-state index contributed by atoms with van der Waals surface area (Å²) >= 11 is 6.92. The summed E-state index contributed by atoms with van der Waals surface area (Å²) in [6, 6.07) is 2.11. The van der Waals surface area contributed by atoms with E-state index in [0.29, 0.717) is 84.1 Å². The van der Waals surface area contributed by atoms with Crippen LogP contribution in [0.5, 0.6) is 0 Å². The SMILES string of the molecule is CCCCC(CC)CN1C(=O)/C(=C/c2c(C)c(C#N)c(=O)n(CCC)c2N2CCC(C(=O)OCC)CC2)SC1=S. The third-order valence-electron chi connectivity index (χ3n) is 7.84. The molecule has 40 heavy (non-hydrogen) atoms. The van der Waals surface area contributed by atoms with Crippen LogP contribution in [0.2, 0.25) is 0 Å². The van der Waals surface area contributed by atoms with Crippen LogP contribution in [-0.2, 0) is 20.9 Å². The Hall–Kier alpha value is -2.64. The number of carbonyl (C=O) groups excluding carboxylic acids is 2. The van der Waals surface area contributed by atoms with Gasteiger partial charge in [0, 0.05) is 31.7 Å². The fraction of sp³-hybridized carbons (Fsp3) is 0.633. The van der Waals surface area contributed by atoms with Crippen LogP contribution in [0, 0.1) is 30.1 Å². The number of carbonyl (C=O) groups is 2. The summed E-state index contributed by atoms with van der Waals surface area (Å²) in [6.45, 7) is 12.4. The van der Waals surface area contributed by atoms with E-state index in [9.17, 15) is 19.6 Å². The van der Waals surface area contributed by atoms with E-state index in [0.717, 1.165) is 25.7 Å². The molecule has 2 fully saturated rings. The van der Waals surface area contributed by atoms with Crippen LogP contribution in [0.25, 0.3) is 6.08 Å². The first-order valence-corrected chi connectivity index (χ1v) is 15.8. The molecular weight excluding hydrogens is 544 g/mol. The average Bonchev–Trinajstić information content (AvgIpc) is 3.21. The number of ether oxygens (including phenoxy) is 1. The van der Waals surface area contributed by atoms with E-state index in [2.05, 4.69) is 24.8 Å². The number of thioether (sulfide) groups is 1. The normalized spacial score (nSPS) is 17.9. The summed E-state index contributed by atoms with van der Waals surface area (Å²) < 4.78 is 7.45. The van der Waals surface area contributed by atoms with Gasteiger partial charge in [0.2, 0.25) is 0 Å². The summed E-state index contributed by atoms with van der Waals surface area (Å²) in [4.78, 5) is 43.7. The standard InChI is InChI=1S/C30H42N4O4S2/c1-6-10-11-21(8-3)19-34-28(36)25(40-30(34)39)17-23-20(5)24(18-31)27(35)33(14-7-2)26(23)32-15-12-22(13-16-32)29(37)38-9-4/h17,21-22H,6-16,19H2,1-5H3/b25-17-. The van der Waals surface area contributed by atoms with Crippen molar-refractivity contribution in [1.82, 2.24) is 9.47 Å². The maximum atomic E-state index is 13.6. The van der Waals surface area contributed by atoms with Crippen LogP contribution < -0.4 is 10.5 Å². The zero-order chi connectivity index (χ0) is 29.4. The van der Waals surface area contributed by atoms with Crippen molar-refractivity contribution in [3.63, 3.8) is 0 Å². The Balaban J connectivity index is 2.05. The topological polar surface area (TPSA) is 95.6 Å². The van der Waals surface area contributed by atoms with Gasteiger partial charge in [-0.1, -0.05) is 64.0 Å². The minimum atomic E-state index is -0.323. The lowest BCUT2D eigenvalue weighted by molar-refractivity contribution is -0.148. The zero-order valence-electron chi connectivity index (χ0n) is 24.5. The fourth-order valence-electron chi connectivity index (χ4n) is 5.47. The fourth-order valence-corrected chi connectivity index (χ4v) is 6.72. The Morgan fingerprint density at radius 2 is 1.90 bits per heavy atom. The number of thiocarbonyl (C=S) groups is 1. The number of amides is 1. The molecule has 1 aromatic rings. The van der Waals surface area contributed by atoms with Crippen molar-refractivity contribution >= 4 is 52.1 Å². The van der Waals surface area contributed by atoms with Crippen LogP contribution in [-0.4, -0.2) is 51.9 Å². The molecule has 0 aliphatic carbocycles. The molecule has 8 nitrogen and oxygen atoms in total. The first-order valence-electron chi connectivity index (χ1n) is 14.6. The molecule has 0 spiro atoms. The quantitative estimate of drug-likeness (QED) is 0.177. The molecule has 3 rings (SSSR count). The molecule has 2 aliphatic rings. The minimum absolute atomic E-state index is 0.0888. The highest BCUT2D eigenvalue weighted by Crippen LogP contribution is 2.37. The second-order valence-corrected chi connectivity index (χ2v) is 12.2. The third-order valence-corrected chi connectivity index (χ3v) is 9.22.